The Bertz CT molecular complexity index is 819. The Morgan fingerprint density at radius 1 is 1.26 bits per heavy atom. The highest BCUT2D eigenvalue weighted by atomic mass is 16.5. The van der Waals surface area contributed by atoms with Gasteiger partial charge in [-0.15, -0.1) is 0 Å². The minimum atomic E-state index is -1.63. The molecule has 27 heavy (non-hydrogen) atoms. The van der Waals surface area contributed by atoms with Crippen LogP contribution >= 0.6 is 0 Å². The Balaban J connectivity index is 2.26. The summed E-state index contributed by atoms with van der Waals surface area (Å²) >= 11 is 0. The Morgan fingerprint density at radius 3 is 2.48 bits per heavy atom. The van der Waals surface area contributed by atoms with Gasteiger partial charge in [-0.3, -0.25) is 24.1 Å². The number of rotatable bonds is 7. The fourth-order valence-electron chi connectivity index (χ4n) is 2.55. The van der Waals surface area contributed by atoms with E-state index < -0.39 is 48.9 Å². The number of carboxylic acid groups (broad SMARTS) is 2. The highest BCUT2D eigenvalue weighted by Gasteiger charge is 2.34. The topological polar surface area (TPSA) is 150 Å². The van der Waals surface area contributed by atoms with E-state index in [1.807, 2.05) is 0 Å². The molecule has 0 aromatic heterocycles. The van der Waals surface area contributed by atoms with Gasteiger partial charge in [-0.05, 0) is 32.0 Å². The monoisotopic (exact) mass is 378 g/mol. The van der Waals surface area contributed by atoms with Gasteiger partial charge in [0.2, 0.25) is 5.91 Å². The second kappa shape index (κ2) is 7.85. The van der Waals surface area contributed by atoms with Gasteiger partial charge in [-0.1, -0.05) is 0 Å². The fourth-order valence-corrected chi connectivity index (χ4v) is 2.55. The Kier molecular flexibility index (Phi) is 5.78. The van der Waals surface area contributed by atoms with E-state index in [0.29, 0.717) is 11.3 Å². The Hall–Kier alpha value is -3.43. The molecular formula is C17H18N2O8. The van der Waals surface area contributed by atoms with Crippen molar-refractivity contribution in [1.29, 1.82) is 0 Å². The SMILES string of the molecule is CC(=O)c1ccc2c(c1)N(CC(=O)NC(CC(=O)O)C(=O)O)C(=O)C(C)O2. The number of carboxylic acids is 2. The van der Waals surface area contributed by atoms with Crippen LogP contribution < -0.4 is 15.0 Å². The number of ketones is 1. The molecule has 1 aromatic rings. The van der Waals surface area contributed by atoms with Gasteiger partial charge in [0.15, 0.2) is 11.9 Å². The maximum atomic E-state index is 12.4. The van der Waals surface area contributed by atoms with E-state index in [1.165, 1.54) is 32.0 Å². The first kappa shape index (κ1) is 19.9. The smallest absolute Gasteiger partial charge is 0.326 e. The lowest BCUT2D eigenvalue weighted by atomic mass is 10.1. The largest absolute Gasteiger partial charge is 0.481 e. The van der Waals surface area contributed by atoms with Crippen LogP contribution in [0.4, 0.5) is 5.69 Å². The van der Waals surface area contributed by atoms with E-state index >= 15 is 0 Å². The van der Waals surface area contributed by atoms with Crippen molar-refractivity contribution in [2.24, 2.45) is 0 Å². The maximum absolute atomic E-state index is 12.4. The number of fused-ring (bicyclic) bond motifs is 1. The van der Waals surface area contributed by atoms with Crippen LogP contribution in [-0.4, -0.2) is 58.4 Å². The third-order valence-electron chi connectivity index (χ3n) is 3.89. The summed E-state index contributed by atoms with van der Waals surface area (Å²) in [5.74, 6) is -4.27. The molecule has 0 radical (unpaired) electrons. The summed E-state index contributed by atoms with van der Waals surface area (Å²) in [4.78, 5) is 59.1. The summed E-state index contributed by atoms with van der Waals surface area (Å²) in [6.07, 6.45) is -1.69. The molecule has 1 aliphatic rings. The van der Waals surface area contributed by atoms with Crippen LogP contribution in [0.2, 0.25) is 0 Å². The number of hydrogen-bond donors (Lipinski definition) is 3. The molecule has 0 spiro atoms. The lowest BCUT2D eigenvalue weighted by Crippen LogP contribution is -2.51. The second-order valence-electron chi connectivity index (χ2n) is 5.98. The van der Waals surface area contributed by atoms with Crippen molar-refractivity contribution < 1.29 is 38.9 Å². The van der Waals surface area contributed by atoms with Gasteiger partial charge < -0.3 is 20.3 Å². The highest BCUT2D eigenvalue weighted by Crippen LogP contribution is 2.34. The predicted molar refractivity (Wildman–Crippen MR) is 90.7 cm³/mol. The summed E-state index contributed by atoms with van der Waals surface area (Å²) in [7, 11) is 0. The molecule has 10 nitrogen and oxygen atoms in total. The van der Waals surface area contributed by atoms with Crippen molar-refractivity contribution in [2.45, 2.75) is 32.4 Å². The van der Waals surface area contributed by atoms with E-state index in [-0.39, 0.29) is 11.5 Å². The number of nitrogens with one attached hydrogen (secondary N) is 1. The maximum Gasteiger partial charge on any atom is 0.326 e. The van der Waals surface area contributed by atoms with Crippen molar-refractivity contribution in [3.8, 4) is 5.75 Å². The van der Waals surface area contributed by atoms with Crippen molar-refractivity contribution in [3.63, 3.8) is 0 Å². The molecule has 2 unspecified atom stereocenters. The minimum Gasteiger partial charge on any atom is -0.481 e. The van der Waals surface area contributed by atoms with E-state index in [1.54, 1.807) is 0 Å². The fraction of sp³-hybridized carbons (Fsp3) is 0.353. The third-order valence-corrected chi connectivity index (χ3v) is 3.89. The average molecular weight is 378 g/mol. The molecule has 1 aliphatic heterocycles. The van der Waals surface area contributed by atoms with E-state index in [4.69, 9.17) is 14.9 Å². The van der Waals surface area contributed by atoms with E-state index in [2.05, 4.69) is 5.32 Å². The van der Waals surface area contributed by atoms with Gasteiger partial charge in [-0.2, -0.15) is 0 Å². The van der Waals surface area contributed by atoms with Gasteiger partial charge in [0.05, 0.1) is 12.1 Å². The molecule has 10 heteroatoms. The van der Waals surface area contributed by atoms with Crippen LogP contribution in [0.5, 0.6) is 5.75 Å². The molecule has 1 heterocycles. The average Bonchev–Trinajstić information content (AvgIpc) is 2.57. The number of ether oxygens (including phenoxy) is 1. The number of carbonyl (C=O) groups excluding carboxylic acids is 3. The molecule has 0 saturated heterocycles. The summed E-state index contributed by atoms with van der Waals surface area (Å²) in [6, 6.07) is 2.80. The molecular weight excluding hydrogens is 360 g/mol. The zero-order valence-corrected chi connectivity index (χ0v) is 14.6. The molecule has 0 fully saturated rings. The molecule has 2 amide bonds. The van der Waals surface area contributed by atoms with Gasteiger partial charge >= 0.3 is 11.9 Å². The van der Waals surface area contributed by atoms with Gasteiger partial charge in [-0.25, -0.2) is 4.79 Å². The number of carbonyl (C=O) groups is 5. The van der Waals surface area contributed by atoms with E-state index in [9.17, 15) is 24.0 Å². The van der Waals surface area contributed by atoms with Crippen LogP contribution in [0, 0.1) is 0 Å². The number of benzene rings is 1. The summed E-state index contributed by atoms with van der Waals surface area (Å²) in [6.45, 7) is 2.28. The first-order chi connectivity index (χ1) is 12.6. The lowest BCUT2D eigenvalue weighted by Gasteiger charge is -2.33. The molecule has 0 bridgehead atoms. The lowest BCUT2D eigenvalue weighted by molar-refractivity contribution is -0.147. The number of anilines is 1. The Morgan fingerprint density at radius 2 is 1.93 bits per heavy atom. The van der Waals surface area contributed by atoms with Crippen molar-refractivity contribution >= 4 is 35.2 Å². The zero-order valence-electron chi connectivity index (χ0n) is 14.6. The zero-order chi connectivity index (χ0) is 20.3. The molecule has 1 aromatic carbocycles. The molecule has 3 N–H and O–H groups in total. The third kappa shape index (κ3) is 4.60. The number of nitrogens with zero attached hydrogens (tertiary/aromatic N) is 1. The van der Waals surface area contributed by atoms with Crippen LogP contribution in [0.1, 0.15) is 30.6 Å². The van der Waals surface area contributed by atoms with Gasteiger partial charge in [0.25, 0.3) is 5.91 Å². The summed E-state index contributed by atoms with van der Waals surface area (Å²) < 4.78 is 5.46. The van der Waals surface area contributed by atoms with Crippen LogP contribution in [0.25, 0.3) is 0 Å². The van der Waals surface area contributed by atoms with E-state index in [0.717, 1.165) is 4.90 Å². The van der Waals surface area contributed by atoms with Crippen LogP contribution in [-0.2, 0) is 19.2 Å². The van der Waals surface area contributed by atoms with Crippen LogP contribution in [0.3, 0.4) is 0 Å². The highest BCUT2D eigenvalue weighted by molar-refractivity contribution is 6.05. The molecule has 0 aliphatic carbocycles. The molecule has 144 valence electrons. The Labute approximate surface area is 153 Å². The number of Topliss-reactive ketones (excluding diaryl/α,β-unsaturated/α-hetero) is 1. The standard InChI is InChI=1S/C17H18N2O8/c1-8(20)10-3-4-13-12(5-10)19(16(24)9(2)27-13)7-14(21)18-11(17(25)26)6-15(22)23/h3-5,9,11H,6-7H2,1-2H3,(H,18,21)(H,22,23)(H,25,26). The van der Waals surface area contributed by atoms with Crippen LogP contribution in [0.15, 0.2) is 18.2 Å². The number of aliphatic carboxylic acids is 2. The normalized spacial score (nSPS) is 16.7. The number of amides is 2. The summed E-state index contributed by atoms with van der Waals surface area (Å²) in [5, 5.41) is 19.8. The summed E-state index contributed by atoms with van der Waals surface area (Å²) in [5.41, 5.74) is 0.505. The minimum absolute atomic E-state index is 0.200. The second-order valence-corrected chi connectivity index (χ2v) is 5.98. The molecule has 2 rings (SSSR count). The van der Waals surface area contributed by atoms with Crippen molar-refractivity contribution in [2.75, 3.05) is 11.4 Å². The molecule has 2 atom stereocenters. The first-order valence-electron chi connectivity index (χ1n) is 7.97. The van der Waals surface area contributed by atoms with Gasteiger partial charge in [0, 0.05) is 5.56 Å². The predicted octanol–water partition coefficient (Wildman–Crippen LogP) is 0.0472. The van der Waals surface area contributed by atoms with Crippen molar-refractivity contribution in [3.05, 3.63) is 23.8 Å². The number of hydrogen-bond acceptors (Lipinski definition) is 6. The molecule has 0 saturated carbocycles. The van der Waals surface area contributed by atoms with Gasteiger partial charge in [0.1, 0.15) is 18.3 Å². The van der Waals surface area contributed by atoms with Crippen molar-refractivity contribution in [1.82, 2.24) is 5.32 Å². The first-order valence-corrected chi connectivity index (χ1v) is 7.97. The quantitative estimate of drug-likeness (QED) is 0.563.